The first-order valence-corrected chi connectivity index (χ1v) is 14.4. The average molecular weight is 583 g/mol. The number of nitro benzene ring substituents is 1. The van der Waals surface area contributed by atoms with E-state index in [1.165, 1.54) is 43.2 Å². The molecule has 0 saturated carbocycles. The molecule has 0 aliphatic rings. The highest BCUT2D eigenvalue weighted by Gasteiger charge is 2.33. The van der Waals surface area contributed by atoms with Crippen LogP contribution in [0.5, 0.6) is 5.75 Å². The predicted molar refractivity (Wildman–Crippen MR) is 155 cm³/mol. The molecule has 2 amide bonds. The summed E-state index contributed by atoms with van der Waals surface area (Å²) in [5.41, 5.74) is 1.77. The van der Waals surface area contributed by atoms with Gasteiger partial charge in [-0.25, -0.2) is 8.42 Å². The molecular formula is C29H34N4O7S. The van der Waals surface area contributed by atoms with Crippen LogP contribution in [0.3, 0.4) is 0 Å². The summed E-state index contributed by atoms with van der Waals surface area (Å²) in [7, 11) is -3.01. The maximum atomic E-state index is 14.0. The summed E-state index contributed by atoms with van der Waals surface area (Å²) in [6.07, 6.45) is 0. The molecule has 1 N–H and O–H groups in total. The monoisotopic (exact) mass is 582 g/mol. The second-order valence-corrected chi connectivity index (χ2v) is 11.3. The normalized spacial score (nSPS) is 11.8. The molecule has 1 atom stereocenters. The minimum atomic E-state index is -4.47. The number of ether oxygens (including phenoxy) is 1. The molecule has 3 aromatic rings. The Bertz CT molecular complexity index is 1520. The lowest BCUT2D eigenvalue weighted by molar-refractivity contribution is -0.385. The van der Waals surface area contributed by atoms with Crippen LogP contribution in [0.4, 0.5) is 11.4 Å². The molecular weight excluding hydrogens is 548 g/mol. The van der Waals surface area contributed by atoms with Gasteiger partial charge in [-0.2, -0.15) is 0 Å². The number of sulfonamides is 1. The molecule has 218 valence electrons. The van der Waals surface area contributed by atoms with E-state index < -0.39 is 33.4 Å². The van der Waals surface area contributed by atoms with E-state index >= 15 is 0 Å². The lowest BCUT2D eigenvalue weighted by Gasteiger charge is -2.32. The zero-order chi connectivity index (χ0) is 30.3. The Balaban J connectivity index is 2.10. The second kappa shape index (κ2) is 13.3. The van der Waals surface area contributed by atoms with Gasteiger partial charge in [0.25, 0.3) is 15.7 Å². The standard InChI is InChI=1S/C29H34N4O7S/c1-6-30-29(35)22(4)31(18-23-10-8-7-9-20(23)2)28(34)19-32(24-12-14-25(40-5)15-13-24)41(38,39)26-16-11-21(3)27(17-26)33(36)37/h7-17,22H,6,18-19H2,1-5H3,(H,30,35). The van der Waals surface area contributed by atoms with Gasteiger partial charge < -0.3 is 15.0 Å². The molecule has 12 heteroatoms. The van der Waals surface area contributed by atoms with Crippen LogP contribution in [-0.4, -0.2) is 56.3 Å². The molecule has 3 rings (SSSR count). The van der Waals surface area contributed by atoms with Gasteiger partial charge in [0.05, 0.1) is 22.6 Å². The summed E-state index contributed by atoms with van der Waals surface area (Å²) in [6.45, 7) is 6.49. The van der Waals surface area contributed by atoms with Gasteiger partial charge in [0.1, 0.15) is 18.3 Å². The molecule has 0 heterocycles. The Morgan fingerprint density at radius 2 is 1.68 bits per heavy atom. The number of benzene rings is 3. The minimum Gasteiger partial charge on any atom is -0.497 e. The highest BCUT2D eigenvalue weighted by molar-refractivity contribution is 7.92. The number of amides is 2. The number of nitrogens with zero attached hydrogens (tertiary/aromatic N) is 3. The van der Waals surface area contributed by atoms with Gasteiger partial charge in [-0.3, -0.25) is 24.0 Å². The molecule has 0 radical (unpaired) electrons. The van der Waals surface area contributed by atoms with Crippen LogP contribution in [-0.2, 0) is 26.2 Å². The molecule has 1 unspecified atom stereocenters. The van der Waals surface area contributed by atoms with Gasteiger partial charge in [0, 0.05) is 24.7 Å². The van der Waals surface area contributed by atoms with Crippen molar-refractivity contribution < 1.29 is 27.7 Å². The van der Waals surface area contributed by atoms with Gasteiger partial charge in [-0.15, -0.1) is 0 Å². The van der Waals surface area contributed by atoms with Crippen LogP contribution < -0.4 is 14.4 Å². The molecule has 0 spiro atoms. The van der Waals surface area contributed by atoms with Crippen molar-refractivity contribution >= 4 is 33.2 Å². The number of carbonyl (C=O) groups excluding carboxylic acids is 2. The Kier molecular flexibility index (Phi) is 10.1. The third kappa shape index (κ3) is 7.20. The van der Waals surface area contributed by atoms with Crippen molar-refractivity contribution in [2.75, 3.05) is 24.5 Å². The molecule has 0 aromatic heterocycles. The van der Waals surface area contributed by atoms with E-state index in [1.807, 2.05) is 31.2 Å². The van der Waals surface area contributed by atoms with Crippen LogP contribution in [0.25, 0.3) is 0 Å². The number of hydrogen-bond acceptors (Lipinski definition) is 7. The Morgan fingerprint density at radius 1 is 1.02 bits per heavy atom. The Labute approximate surface area is 239 Å². The molecule has 0 bridgehead atoms. The van der Waals surface area contributed by atoms with E-state index in [1.54, 1.807) is 26.0 Å². The van der Waals surface area contributed by atoms with E-state index in [4.69, 9.17) is 4.74 Å². The lowest BCUT2D eigenvalue weighted by atomic mass is 10.1. The fraction of sp³-hybridized carbons (Fsp3) is 0.310. The minimum absolute atomic E-state index is 0.0658. The molecule has 0 aliphatic heterocycles. The van der Waals surface area contributed by atoms with E-state index in [2.05, 4.69) is 5.32 Å². The van der Waals surface area contributed by atoms with Gasteiger partial charge in [0.2, 0.25) is 11.8 Å². The fourth-order valence-corrected chi connectivity index (χ4v) is 5.66. The molecule has 0 aliphatic carbocycles. The number of nitro groups is 1. The second-order valence-electron chi connectivity index (χ2n) is 9.43. The van der Waals surface area contributed by atoms with Gasteiger partial charge >= 0.3 is 0 Å². The van der Waals surface area contributed by atoms with Gasteiger partial charge in [0.15, 0.2) is 0 Å². The van der Waals surface area contributed by atoms with Crippen molar-refractivity contribution in [3.63, 3.8) is 0 Å². The number of aryl methyl sites for hydroxylation is 2. The quantitative estimate of drug-likeness (QED) is 0.252. The van der Waals surface area contributed by atoms with Crippen molar-refractivity contribution in [2.24, 2.45) is 0 Å². The van der Waals surface area contributed by atoms with E-state index in [9.17, 15) is 28.1 Å². The fourth-order valence-electron chi connectivity index (χ4n) is 4.23. The molecule has 0 fully saturated rings. The zero-order valence-corrected chi connectivity index (χ0v) is 24.5. The first kappa shape index (κ1) is 31.1. The number of rotatable bonds is 12. The molecule has 41 heavy (non-hydrogen) atoms. The van der Waals surface area contributed by atoms with E-state index in [0.717, 1.165) is 21.5 Å². The topological polar surface area (TPSA) is 139 Å². The lowest BCUT2D eigenvalue weighted by Crippen LogP contribution is -2.51. The average Bonchev–Trinajstić information content (AvgIpc) is 2.95. The van der Waals surface area contributed by atoms with Crippen LogP contribution in [0, 0.1) is 24.0 Å². The van der Waals surface area contributed by atoms with Crippen molar-refractivity contribution in [2.45, 2.75) is 45.2 Å². The number of likely N-dealkylation sites (N-methyl/N-ethyl adjacent to an activating group) is 1. The van der Waals surface area contributed by atoms with Crippen molar-refractivity contribution in [3.8, 4) is 5.75 Å². The maximum absolute atomic E-state index is 14.0. The molecule has 0 saturated heterocycles. The summed E-state index contributed by atoms with van der Waals surface area (Å²) in [5.74, 6) is -0.551. The summed E-state index contributed by atoms with van der Waals surface area (Å²) in [6, 6.07) is 16.1. The van der Waals surface area contributed by atoms with Crippen molar-refractivity contribution in [3.05, 3.63) is 93.5 Å². The summed E-state index contributed by atoms with van der Waals surface area (Å²) >= 11 is 0. The highest BCUT2D eigenvalue weighted by Crippen LogP contribution is 2.29. The van der Waals surface area contributed by atoms with Crippen molar-refractivity contribution in [1.29, 1.82) is 0 Å². The van der Waals surface area contributed by atoms with Crippen LogP contribution in [0.1, 0.15) is 30.5 Å². The third-order valence-corrected chi connectivity index (χ3v) is 8.49. The number of anilines is 1. The number of hydrogen-bond donors (Lipinski definition) is 1. The Morgan fingerprint density at radius 3 is 2.27 bits per heavy atom. The van der Waals surface area contributed by atoms with Crippen molar-refractivity contribution in [1.82, 2.24) is 10.2 Å². The van der Waals surface area contributed by atoms with Gasteiger partial charge in [-0.05, 0) is 69.2 Å². The Hall–Kier alpha value is -4.45. The first-order valence-electron chi connectivity index (χ1n) is 12.9. The summed E-state index contributed by atoms with van der Waals surface area (Å²) in [5, 5.41) is 14.3. The van der Waals surface area contributed by atoms with Crippen LogP contribution >= 0.6 is 0 Å². The van der Waals surface area contributed by atoms with Crippen LogP contribution in [0.2, 0.25) is 0 Å². The summed E-state index contributed by atoms with van der Waals surface area (Å²) < 4.78 is 34.0. The first-order chi connectivity index (χ1) is 19.4. The van der Waals surface area contributed by atoms with Crippen LogP contribution in [0.15, 0.2) is 71.6 Å². The number of nitrogens with one attached hydrogen (secondary N) is 1. The van der Waals surface area contributed by atoms with E-state index in [0.29, 0.717) is 17.9 Å². The smallest absolute Gasteiger partial charge is 0.273 e. The number of methoxy groups -OCH3 is 1. The molecule has 11 nitrogen and oxygen atoms in total. The summed E-state index contributed by atoms with van der Waals surface area (Å²) in [4.78, 5) is 38.6. The molecule has 3 aromatic carbocycles. The number of carbonyl (C=O) groups is 2. The van der Waals surface area contributed by atoms with Gasteiger partial charge in [-0.1, -0.05) is 30.3 Å². The largest absolute Gasteiger partial charge is 0.497 e. The third-order valence-electron chi connectivity index (χ3n) is 6.72. The van der Waals surface area contributed by atoms with E-state index in [-0.39, 0.29) is 28.7 Å². The highest BCUT2D eigenvalue weighted by atomic mass is 32.2. The predicted octanol–water partition coefficient (Wildman–Crippen LogP) is 3.97. The SMILES string of the molecule is CCNC(=O)C(C)N(Cc1ccccc1C)C(=O)CN(c1ccc(OC)cc1)S(=O)(=O)c1ccc(C)c([N+](=O)[O-])c1. The zero-order valence-electron chi connectivity index (χ0n) is 23.7. The maximum Gasteiger partial charge on any atom is 0.273 e.